The van der Waals surface area contributed by atoms with Crippen LogP contribution in [0.25, 0.3) is 11.4 Å². The molecule has 8 nitrogen and oxygen atoms in total. The first kappa shape index (κ1) is 19.9. The van der Waals surface area contributed by atoms with Crippen LogP contribution in [0, 0.1) is 0 Å². The zero-order valence-electron chi connectivity index (χ0n) is 14.6. The fraction of sp³-hybridized carbons (Fsp3) is 0.294. The average Bonchev–Trinajstić information content (AvgIpc) is 3.17. The van der Waals surface area contributed by atoms with E-state index < -0.39 is 22.1 Å². The lowest BCUT2D eigenvalue weighted by Crippen LogP contribution is -2.37. The molecule has 0 saturated carbocycles. The van der Waals surface area contributed by atoms with Gasteiger partial charge in [-0.15, -0.1) is 0 Å². The van der Waals surface area contributed by atoms with Crippen molar-refractivity contribution in [2.45, 2.75) is 11.9 Å². The highest BCUT2D eigenvalue weighted by Gasteiger charge is 2.35. The second-order valence-corrected chi connectivity index (χ2v) is 6.27. The van der Waals surface area contributed by atoms with Crippen LogP contribution >= 0.6 is 11.6 Å². The molecule has 3 aromatic rings. The molecular weight excluding hydrogens is 398 g/mol. The molecule has 0 aliphatic rings. The molecule has 0 aliphatic carbocycles. The highest BCUT2D eigenvalue weighted by molar-refractivity contribution is 6.21. The second-order valence-electron chi connectivity index (χ2n) is 5.80. The van der Waals surface area contributed by atoms with E-state index in [0.29, 0.717) is 18.7 Å². The number of aromatic nitrogens is 2. The minimum Gasteiger partial charge on any atom is -0.383 e. The quantitative estimate of drug-likeness (QED) is 0.313. The molecule has 2 aromatic carbocycles. The molecule has 0 amide bonds. The van der Waals surface area contributed by atoms with Gasteiger partial charge in [0.25, 0.3) is 10.9 Å². The van der Waals surface area contributed by atoms with Gasteiger partial charge in [-0.1, -0.05) is 29.4 Å². The molecule has 0 unspecified atom stereocenters. The van der Waals surface area contributed by atoms with E-state index in [1.54, 1.807) is 24.3 Å². The monoisotopic (exact) mass is 412 g/mol. The number of hydrogen-bond acceptors (Lipinski definition) is 8. The number of benzene rings is 1. The van der Waals surface area contributed by atoms with Crippen LogP contribution in [-0.4, -0.2) is 30.4 Å². The summed E-state index contributed by atoms with van der Waals surface area (Å²) >= 11 is 4.84. The molecule has 0 spiro atoms. The van der Waals surface area contributed by atoms with E-state index in [9.17, 15) is 18.4 Å². The number of halogens is 3. The Morgan fingerprint density at radius 3 is 2.36 bits per heavy atom. The molecule has 0 saturated heterocycles. The lowest BCUT2D eigenvalue weighted by molar-refractivity contribution is 0.0551. The first-order chi connectivity index (χ1) is 13.3. The predicted octanol–water partition coefficient (Wildman–Crippen LogP) is 2.29. The molecule has 0 radical (unpaired) electrons. The second kappa shape index (κ2) is 8.03. The largest absolute Gasteiger partial charge is 0.400 e. The molecule has 148 valence electrons. The van der Waals surface area contributed by atoms with Crippen LogP contribution in [0.4, 0.5) is 20.2 Å². The zero-order chi connectivity index (χ0) is 20.3. The van der Waals surface area contributed by atoms with Crippen molar-refractivity contribution in [3.63, 3.8) is 0 Å². The van der Waals surface area contributed by atoms with Crippen LogP contribution in [0.15, 0.2) is 38.4 Å². The van der Waals surface area contributed by atoms with E-state index in [1.807, 2.05) is 0 Å². The van der Waals surface area contributed by atoms with Crippen LogP contribution in [-0.2, 0) is 16.7 Å². The summed E-state index contributed by atoms with van der Waals surface area (Å²) in [5, 5.41) is 5.51. The highest BCUT2D eigenvalue weighted by atomic mass is 35.5. The van der Waals surface area contributed by atoms with E-state index in [0.717, 1.165) is 5.56 Å². The van der Waals surface area contributed by atoms with Crippen LogP contribution < -0.4 is 21.5 Å². The summed E-state index contributed by atoms with van der Waals surface area (Å²) in [6.45, 7) is 1.08. The Bertz CT molecular complexity index is 1020. The summed E-state index contributed by atoms with van der Waals surface area (Å²) in [5.41, 5.74) is 0.537. The van der Waals surface area contributed by atoms with Gasteiger partial charge in [0.2, 0.25) is 5.82 Å². The summed E-state index contributed by atoms with van der Waals surface area (Å²) in [5.74, 6) is -1.01. The fourth-order valence-corrected chi connectivity index (χ4v) is 2.50. The van der Waals surface area contributed by atoms with Gasteiger partial charge in [-0.05, 0) is 17.2 Å². The molecule has 11 heteroatoms. The Balaban J connectivity index is 1.64. The maximum absolute atomic E-state index is 12.9. The van der Waals surface area contributed by atoms with Crippen molar-refractivity contribution in [2.24, 2.45) is 0 Å². The number of rotatable bonds is 9. The molecule has 3 rings (SSSR count). The molecule has 2 N–H and O–H groups in total. The maximum Gasteiger partial charge on any atom is 0.400 e. The van der Waals surface area contributed by atoms with E-state index >= 15 is 0 Å². The van der Waals surface area contributed by atoms with Gasteiger partial charge in [0.15, 0.2) is 0 Å². The number of alkyl halides is 3. The number of nitrogens with one attached hydrogen (secondary N) is 2. The van der Waals surface area contributed by atoms with E-state index in [2.05, 4.69) is 25.3 Å². The Labute approximate surface area is 162 Å². The molecular formula is C17H15ClF2N4O4. The van der Waals surface area contributed by atoms with Crippen molar-refractivity contribution < 1.29 is 18.0 Å². The van der Waals surface area contributed by atoms with E-state index in [1.165, 1.54) is 7.11 Å². The lowest BCUT2D eigenvalue weighted by Gasteiger charge is -2.14. The topological polar surface area (TPSA) is 106 Å². The summed E-state index contributed by atoms with van der Waals surface area (Å²) < 4.78 is 35.2. The summed E-state index contributed by atoms with van der Waals surface area (Å²) in [6.07, 6.45) is 0. The number of methoxy groups -OCH3 is 1. The lowest BCUT2D eigenvalue weighted by atomic mass is 10.1. The molecule has 28 heavy (non-hydrogen) atoms. The van der Waals surface area contributed by atoms with Crippen molar-refractivity contribution in [1.82, 2.24) is 10.1 Å². The Hall–Kier alpha value is -2.85. The highest BCUT2D eigenvalue weighted by Crippen LogP contribution is 2.32. The fourth-order valence-electron chi connectivity index (χ4n) is 2.43. The van der Waals surface area contributed by atoms with Gasteiger partial charge in [0.05, 0.1) is 6.61 Å². The number of anilines is 2. The Kier molecular flexibility index (Phi) is 5.71. The van der Waals surface area contributed by atoms with Crippen LogP contribution in [0.2, 0.25) is 0 Å². The third-order valence-electron chi connectivity index (χ3n) is 3.87. The SMILES string of the molecule is COCCNc1c(NCc2ccc(-c3noc(C(F)(F)Cl)n3)cc2)c(=O)c1=O. The van der Waals surface area contributed by atoms with Crippen molar-refractivity contribution >= 4 is 23.0 Å². The zero-order valence-corrected chi connectivity index (χ0v) is 15.3. The van der Waals surface area contributed by atoms with Crippen LogP contribution in [0.3, 0.4) is 0 Å². The van der Waals surface area contributed by atoms with Gasteiger partial charge >= 0.3 is 11.3 Å². The summed E-state index contributed by atoms with van der Waals surface area (Å²) in [4.78, 5) is 26.9. The number of nitrogens with zero attached hydrogens (tertiary/aromatic N) is 2. The van der Waals surface area contributed by atoms with Gasteiger partial charge in [-0.3, -0.25) is 9.59 Å². The smallest absolute Gasteiger partial charge is 0.383 e. The molecule has 0 atom stereocenters. The third kappa shape index (κ3) is 4.18. The van der Waals surface area contributed by atoms with Crippen molar-refractivity contribution in [3.8, 4) is 11.4 Å². The molecule has 1 heterocycles. The van der Waals surface area contributed by atoms with E-state index in [-0.39, 0.29) is 23.7 Å². The molecule has 0 fully saturated rings. The van der Waals surface area contributed by atoms with Gasteiger partial charge in [-0.2, -0.15) is 13.8 Å². The minimum absolute atomic E-state index is 0.0260. The molecule has 0 bridgehead atoms. The Morgan fingerprint density at radius 1 is 1.14 bits per heavy atom. The molecule has 0 aliphatic heterocycles. The van der Waals surface area contributed by atoms with Crippen molar-refractivity contribution in [2.75, 3.05) is 30.9 Å². The van der Waals surface area contributed by atoms with Gasteiger partial charge in [-0.25, -0.2) is 0 Å². The number of ether oxygens (including phenoxy) is 1. The Morgan fingerprint density at radius 2 is 1.79 bits per heavy atom. The standard InChI is InChI=1S/C17H15ClF2N4O4/c1-27-7-6-21-11-12(14(26)13(11)25)22-8-9-2-4-10(5-3-9)15-23-16(28-24-15)17(18,19)20/h2-5,21-22H,6-8H2,1H3. The van der Waals surface area contributed by atoms with Gasteiger partial charge in [0, 0.05) is 25.8 Å². The normalized spacial score (nSPS) is 11.7. The van der Waals surface area contributed by atoms with Gasteiger partial charge < -0.3 is 19.9 Å². The van der Waals surface area contributed by atoms with Crippen molar-refractivity contribution in [1.29, 1.82) is 0 Å². The maximum atomic E-state index is 12.9. The number of hydrogen-bond donors (Lipinski definition) is 2. The van der Waals surface area contributed by atoms with Crippen LogP contribution in [0.5, 0.6) is 0 Å². The summed E-state index contributed by atoms with van der Waals surface area (Å²) in [7, 11) is 1.53. The minimum atomic E-state index is -3.73. The predicted molar refractivity (Wildman–Crippen MR) is 98.5 cm³/mol. The van der Waals surface area contributed by atoms with E-state index in [4.69, 9.17) is 16.3 Å². The third-order valence-corrected chi connectivity index (χ3v) is 4.03. The average molecular weight is 413 g/mol. The first-order valence-electron chi connectivity index (χ1n) is 8.11. The summed E-state index contributed by atoms with van der Waals surface area (Å²) in [6, 6.07) is 6.61. The van der Waals surface area contributed by atoms with Crippen LogP contribution in [0.1, 0.15) is 11.5 Å². The van der Waals surface area contributed by atoms with Crippen molar-refractivity contribution in [3.05, 3.63) is 56.2 Å². The first-order valence-corrected chi connectivity index (χ1v) is 8.49. The van der Waals surface area contributed by atoms with Gasteiger partial charge in [0.1, 0.15) is 11.4 Å². The molecule has 1 aromatic heterocycles.